The van der Waals surface area contributed by atoms with Gasteiger partial charge in [-0.3, -0.25) is 0 Å². The predicted octanol–water partition coefficient (Wildman–Crippen LogP) is 2.78. The molecule has 0 amide bonds. The molecule has 0 spiro atoms. The Morgan fingerprint density at radius 1 is 1.21 bits per heavy atom. The highest BCUT2D eigenvalue weighted by molar-refractivity contribution is 5.61. The SMILES string of the molecule is N#CCNCC1CN(c2ccc(C(F)(F)F)cc2)c2ccnn2C1. The van der Waals surface area contributed by atoms with Gasteiger partial charge in [0, 0.05) is 37.3 Å². The van der Waals surface area contributed by atoms with Crippen molar-refractivity contribution in [3.63, 3.8) is 0 Å². The molecule has 0 fully saturated rings. The summed E-state index contributed by atoms with van der Waals surface area (Å²) in [6.07, 6.45) is -2.66. The maximum Gasteiger partial charge on any atom is 0.416 e. The van der Waals surface area contributed by atoms with Crippen molar-refractivity contribution in [2.75, 3.05) is 24.5 Å². The van der Waals surface area contributed by atoms with Gasteiger partial charge in [-0.25, -0.2) is 4.68 Å². The molecule has 1 atom stereocenters. The summed E-state index contributed by atoms with van der Waals surface area (Å²) in [6, 6.07) is 9.01. The molecule has 1 N–H and O–H groups in total. The van der Waals surface area contributed by atoms with E-state index in [-0.39, 0.29) is 12.5 Å². The Labute approximate surface area is 137 Å². The summed E-state index contributed by atoms with van der Waals surface area (Å²) in [5, 5.41) is 15.9. The Hall–Kier alpha value is -2.53. The number of halogens is 3. The fourth-order valence-corrected chi connectivity index (χ4v) is 2.88. The molecule has 24 heavy (non-hydrogen) atoms. The maximum absolute atomic E-state index is 12.7. The molecule has 0 saturated carbocycles. The van der Waals surface area contributed by atoms with Crippen LogP contribution in [0.2, 0.25) is 0 Å². The highest BCUT2D eigenvalue weighted by Gasteiger charge is 2.31. The molecule has 1 aromatic carbocycles. The van der Waals surface area contributed by atoms with Crippen molar-refractivity contribution in [2.45, 2.75) is 12.7 Å². The van der Waals surface area contributed by atoms with Crippen LogP contribution in [-0.4, -0.2) is 29.4 Å². The molecule has 8 heteroatoms. The van der Waals surface area contributed by atoms with Crippen molar-refractivity contribution in [1.29, 1.82) is 5.26 Å². The normalized spacial score (nSPS) is 17.4. The average Bonchev–Trinajstić information content (AvgIpc) is 3.02. The van der Waals surface area contributed by atoms with E-state index < -0.39 is 11.7 Å². The first-order valence-electron chi connectivity index (χ1n) is 7.53. The summed E-state index contributed by atoms with van der Waals surface area (Å²) in [5.74, 6) is 1.05. The van der Waals surface area contributed by atoms with Gasteiger partial charge in [0.15, 0.2) is 0 Å². The van der Waals surface area contributed by atoms with Gasteiger partial charge in [0.25, 0.3) is 0 Å². The smallest absolute Gasteiger partial charge is 0.326 e. The van der Waals surface area contributed by atoms with E-state index >= 15 is 0 Å². The van der Waals surface area contributed by atoms with E-state index in [4.69, 9.17) is 5.26 Å². The minimum Gasteiger partial charge on any atom is -0.326 e. The van der Waals surface area contributed by atoms with Crippen LogP contribution in [0, 0.1) is 17.2 Å². The summed E-state index contributed by atoms with van der Waals surface area (Å²) in [5.41, 5.74) is 0.0266. The quantitative estimate of drug-likeness (QED) is 0.689. The first-order chi connectivity index (χ1) is 11.5. The van der Waals surface area contributed by atoms with E-state index in [0.29, 0.717) is 25.3 Å². The molecule has 1 aliphatic rings. The number of nitriles is 1. The number of hydrogen-bond acceptors (Lipinski definition) is 4. The number of nitrogens with one attached hydrogen (secondary N) is 1. The minimum atomic E-state index is -4.34. The van der Waals surface area contributed by atoms with Crippen LogP contribution in [0.1, 0.15) is 5.56 Å². The van der Waals surface area contributed by atoms with Gasteiger partial charge < -0.3 is 10.2 Å². The monoisotopic (exact) mass is 335 g/mol. The molecule has 0 bridgehead atoms. The van der Waals surface area contributed by atoms with Crippen LogP contribution in [0.3, 0.4) is 0 Å². The summed E-state index contributed by atoms with van der Waals surface area (Å²) in [4.78, 5) is 1.95. The lowest BCUT2D eigenvalue weighted by Crippen LogP contribution is -2.40. The van der Waals surface area contributed by atoms with Crippen LogP contribution in [0.15, 0.2) is 36.5 Å². The zero-order valence-corrected chi connectivity index (χ0v) is 12.8. The molecule has 0 aliphatic carbocycles. The van der Waals surface area contributed by atoms with E-state index in [1.54, 1.807) is 6.20 Å². The van der Waals surface area contributed by atoms with Crippen LogP contribution in [0.25, 0.3) is 0 Å². The van der Waals surface area contributed by atoms with E-state index in [0.717, 1.165) is 18.0 Å². The standard InChI is InChI=1S/C16H16F3N5/c17-16(18,19)13-1-3-14(4-2-13)23-10-12(9-21-8-6-20)11-24-15(23)5-7-22-24/h1-5,7,12,21H,8-11H2. The van der Waals surface area contributed by atoms with E-state index in [1.165, 1.54) is 12.1 Å². The number of nitrogens with zero attached hydrogens (tertiary/aromatic N) is 4. The third-order valence-corrected chi connectivity index (χ3v) is 3.99. The lowest BCUT2D eigenvalue weighted by Gasteiger charge is -2.35. The van der Waals surface area contributed by atoms with Crippen molar-refractivity contribution in [1.82, 2.24) is 15.1 Å². The van der Waals surface area contributed by atoms with Gasteiger partial charge >= 0.3 is 6.18 Å². The topological polar surface area (TPSA) is 56.9 Å². The average molecular weight is 335 g/mol. The summed E-state index contributed by atoms with van der Waals surface area (Å²) < 4.78 is 40.0. The number of hydrogen-bond donors (Lipinski definition) is 1. The zero-order chi connectivity index (χ0) is 17.2. The third kappa shape index (κ3) is 3.36. The van der Waals surface area contributed by atoms with Crippen LogP contribution < -0.4 is 10.2 Å². The van der Waals surface area contributed by atoms with Gasteiger partial charge in [0.1, 0.15) is 5.82 Å². The Morgan fingerprint density at radius 3 is 2.62 bits per heavy atom. The zero-order valence-electron chi connectivity index (χ0n) is 12.8. The maximum atomic E-state index is 12.7. The second kappa shape index (κ2) is 6.53. The second-order valence-corrected chi connectivity index (χ2v) is 5.68. The molecule has 0 radical (unpaired) electrons. The summed E-state index contributed by atoms with van der Waals surface area (Å²) in [6.45, 7) is 2.26. The summed E-state index contributed by atoms with van der Waals surface area (Å²) >= 11 is 0. The highest BCUT2D eigenvalue weighted by atomic mass is 19.4. The van der Waals surface area contributed by atoms with Gasteiger partial charge in [-0.2, -0.15) is 23.5 Å². The van der Waals surface area contributed by atoms with Crippen molar-refractivity contribution in [2.24, 2.45) is 5.92 Å². The highest BCUT2D eigenvalue weighted by Crippen LogP contribution is 2.34. The molecular weight excluding hydrogens is 319 g/mol. The Morgan fingerprint density at radius 2 is 1.96 bits per heavy atom. The van der Waals surface area contributed by atoms with E-state index in [9.17, 15) is 13.2 Å². The van der Waals surface area contributed by atoms with Crippen LogP contribution in [-0.2, 0) is 12.7 Å². The van der Waals surface area contributed by atoms with Crippen LogP contribution in [0.4, 0.5) is 24.7 Å². The molecule has 0 saturated heterocycles. The molecule has 1 aromatic heterocycles. The van der Waals surface area contributed by atoms with Gasteiger partial charge in [0.2, 0.25) is 0 Å². The largest absolute Gasteiger partial charge is 0.416 e. The Kier molecular flexibility index (Phi) is 4.44. The molecular formula is C16H16F3N5. The van der Waals surface area contributed by atoms with Crippen molar-refractivity contribution < 1.29 is 13.2 Å². The Bertz CT molecular complexity index is 729. The number of anilines is 2. The van der Waals surface area contributed by atoms with Gasteiger partial charge in [-0.1, -0.05) is 0 Å². The molecule has 5 nitrogen and oxygen atoms in total. The van der Waals surface area contributed by atoms with Crippen molar-refractivity contribution in [3.8, 4) is 6.07 Å². The fraction of sp³-hybridized carbons (Fsp3) is 0.375. The van der Waals surface area contributed by atoms with Gasteiger partial charge in [-0.05, 0) is 24.3 Å². The fourth-order valence-electron chi connectivity index (χ4n) is 2.88. The summed E-state index contributed by atoms with van der Waals surface area (Å²) in [7, 11) is 0. The predicted molar refractivity (Wildman–Crippen MR) is 82.6 cm³/mol. The van der Waals surface area contributed by atoms with Crippen molar-refractivity contribution in [3.05, 3.63) is 42.1 Å². The van der Waals surface area contributed by atoms with Gasteiger partial charge in [0.05, 0.1) is 24.4 Å². The number of benzene rings is 1. The van der Waals surface area contributed by atoms with Crippen LogP contribution >= 0.6 is 0 Å². The first-order valence-corrected chi connectivity index (χ1v) is 7.53. The molecule has 126 valence electrons. The van der Waals surface area contributed by atoms with E-state index in [1.807, 2.05) is 21.7 Å². The first kappa shape index (κ1) is 16.3. The van der Waals surface area contributed by atoms with Crippen LogP contribution in [0.5, 0.6) is 0 Å². The number of fused-ring (bicyclic) bond motifs is 1. The van der Waals surface area contributed by atoms with Crippen molar-refractivity contribution >= 4 is 11.5 Å². The third-order valence-electron chi connectivity index (χ3n) is 3.99. The molecule has 3 rings (SSSR count). The van der Waals surface area contributed by atoms with Gasteiger partial charge in [-0.15, -0.1) is 0 Å². The molecule has 1 aliphatic heterocycles. The lowest BCUT2D eigenvalue weighted by molar-refractivity contribution is -0.137. The molecule has 2 aromatic rings. The number of aromatic nitrogens is 2. The number of rotatable bonds is 4. The molecule has 1 unspecified atom stereocenters. The number of alkyl halides is 3. The lowest BCUT2D eigenvalue weighted by atomic mass is 10.1. The second-order valence-electron chi connectivity index (χ2n) is 5.68. The van der Waals surface area contributed by atoms with E-state index in [2.05, 4.69) is 10.4 Å². The Balaban J connectivity index is 1.82. The molecule has 2 heterocycles. The minimum absolute atomic E-state index is 0.202.